The van der Waals surface area contributed by atoms with Crippen LogP contribution >= 0.6 is 0 Å². The standard InChI is InChI=1S/C15H17N3O3/c1-4-11(15(20)21)7-13-9(2)18-8-12(16-10(3)19)5-6-14(18)17-13/h5-8H,4H2,1-3H3,(H,16,19)(H,20,21)/b11-7+. The molecule has 1 amide bonds. The van der Waals surface area contributed by atoms with Crippen molar-refractivity contribution in [2.45, 2.75) is 27.2 Å². The zero-order valence-corrected chi connectivity index (χ0v) is 12.2. The molecule has 2 rings (SSSR count). The van der Waals surface area contributed by atoms with E-state index in [9.17, 15) is 9.59 Å². The van der Waals surface area contributed by atoms with E-state index in [-0.39, 0.29) is 5.91 Å². The van der Waals surface area contributed by atoms with Gasteiger partial charge in [-0.2, -0.15) is 0 Å². The highest BCUT2D eigenvalue weighted by molar-refractivity contribution is 5.92. The van der Waals surface area contributed by atoms with Crippen LogP contribution in [0.15, 0.2) is 23.9 Å². The lowest BCUT2D eigenvalue weighted by Crippen LogP contribution is -2.06. The second kappa shape index (κ2) is 5.78. The van der Waals surface area contributed by atoms with Gasteiger partial charge < -0.3 is 14.8 Å². The van der Waals surface area contributed by atoms with E-state index in [0.717, 1.165) is 5.69 Å². The number of rotatable bonds is 4. The van der Waals surface area contributed by atoms with Gasteiger partial charge in [-0.1, -0.05) is 6.92 Å². The van der Waals surface area contributed by atoms with Crippen LogP contribution in [0, 0.1) is 6.92 Å². The van der Waals surface area contributed by atoms with Crippen LogP contribution in [-0.4, -0.2) is 26.4 Å². The van der Waals surface area contributed by atoms with E-state index in [1.165, 1.54) is 6.92 Å². The molecule has 0 aliphatic rings. The van der Waals surface area contributed by atoms with Gasteiger partial charge in [-0.3, -0.25) is 4.79 Å². The average molecular weight is 287 g/mol. The van der Waals surface area contributed by atoms with Gasteiger partial charge in [-0.25, -0.2) is 9.78 Å². The van der Waals surface area contributed by atoms with Crippen LogP contribution in [0.3, 0.4) is 0 Å². The van der Waals surface area contributed by atoms with Crippen molar-refractivity contribution in [2.75, 3.05) is 5.32 Å². The summed E-state index contributed by atoms with van der Waals surface area (Å²) in [6.07, 6.45) is 3.78. The maximum absolute atomic E-state index is 11.1. The van der Waals surface area contributed by atoms with E-state index in [1.807, 2.05) is 11.3 Å². The van der Waals surface area contributed by atoms with Crippen LogP contribution in [0.4, 0.5) is 5.69 Å². The number of amides is 1. The number of hydrogen-bond donors (Lipinski definition) is 2. The summed E-state index contributed by atoms with van der Waals surface area (Å²) in [6, 6.07) is 3.54. The predicted molar refractivity (Wildman–Crippen MR) is 80.1 cm³/mol. The Morgan fingerprint density at radius 2 is 2.14 bits per heavy atom. The number of aromatic nitrogens is 2. The molecule has 0 saturated heterocycles. The molecule has 2 aromatic heterocycles. The Labute approximate surface area is 122 Å². The lowest BCUT2D eigenvalue weighted by atomic mass is 10.1. The number of carbonyl (C=O) groups is 2. The molecular weight excluding hydrogens is 270 g/mol. The van der Waals surface area contributed by atoms with Gasteiger partial charge in [0.2, 0.25) is 5.91 Å². The van der Waals surface area contributed by atoms with Crippen molar-refractivity contribution in [3.8, 4) is 0 Å². The molecule has 0 unspecified atom stereocenters. The summed E-state index contributed by atoms with van der Waals surface area (Å²) in [5.41, 5.74) is 3.12. The van der Waals surface area contributed by atoms with Gasteiger partial charge in [-0.15, -0.1) is 0 Å². The highest BCUT2D eigenvalue weighted by Gasteiger charge is 2.11. The summed E-state index contributed by atoms with van der Waals surface area (Å²) in [7, 11) is 0. The molecule has 0 radical (unpaired) electrons. The molecule has 0 bridgehead atoms. The summed E-state index contributed by atoms with van der Waals surface area (Å²) in [5, 5.41) is 11.8. The number of carboxylic acids is 1. The lowest BCUT2D eigenvalue weighted by Gasteiger charge is -2.03. The first-order valence-electron chi connectivity index (χ1n) is 6.62. The van der Waals surface area contributed by atoms with Gasteiger partial charge in [0.25, 0.3) is 0 Å². The number of aryl methyl sites for hydroxylation is 1. The lowest BCUT2D eigenvalue weighted by molar-refractivity contribution is -0.132. The molecule has 0 aliphatic carbocycles. The predicted octanol–water partition coefficient (Wildman–Crippen LogP) is 2.48. The van der Waals surface area contributed by atoms with Crippen molar-refractivity contribution in [1.29, 1.82) is 0 Å². The van der Waals surface area contributed by atoms with Crippen molar-refractivity contribution < 1.29 is 14.7 Å². The molecule has 21 heavy (non-hydrogen) atoms. The molecule has 2 N–H and O–H groups in total. The third kappa shape index (κ3) is 3.10. The Kier molecular flexibility index (Phi) is 4.07. The Bertz CT molecular complexity index is 744. The second-order valence-electron chi connectivity index (χ2n) is 4.74. The van der Waals surface area contributed by atoms with E-state index in [2.05, 4.69) is 10.3 Å². The van der Waals surface area contributed by atoms with Crippen molar-refractivity contribution >= 4 is 29.3 Å². The number of nitrogens with zero attached hydrogens (tertiary/aromatic N) is 2. The highest BCUT2D eigenvalue weighted by Crippen LogP contribution is 2.19. The van der Waals surface area contributed by atoms with E-state index >= 15 is 0 Å². The molecule has 0 aromatic carbocycles. The fourth-order valence-electron chi connectivity index (χ4n) is 2.07. The third-order valence-corrected chi connectivity index (χ3v) is 3.18. The number of fused-ring (bicyclic) bond motifs is 1. The first kappa shape index (κ1) is 14.8. The van der Waals surface area contributed by atoms with Gasteiger partial charge in [-0.05, 0) is 31.6 Å². The van der Waals surface area contributed by atoms with Crippen molar-refractivity contribution in [3.63, 3.8) is 0 Å². The largest absolute Gasteiger partial charge is 0.478 e. The van der Waals surface area contributed by atoms with Crippen LogP contribution in [0.1, 0.15) is 31.7 Å². The molecule has 0 fully saturated rings. The number of imidazole rings is 1. The zero-order valence-electron chi connectivity index (χ0n) is 12.2. The zero-order chi connectivity index (χ0) is 15.6. The minimum absolute atomic E-state index is 0.147. The van der Waals surface area contributed by atoms with E-state index < -0.39 is 5.97 Å². The van der Waals surface area contributed by atoms with Crippen LogP contribution in [0.5, 0.6) is 0 Å². The average Bonchev–Trinajstić information content (AvgIpc) is 2.72. The molecule has 2 aromatic rings. The molecule has 0 atom stereocenters. The third-order valence-electron chi connectivity index (χ3n) is 3.18. The molecule has 0 saturated carbocycles. The van der Waals surface area contributed by atoms with E-state index in [4.69, 9.17) is 5.11 Å². The molecule has 110 valence electrons. The summed E-state index contributed by atoms with van der Waals surface area (Å²) < 4.78 is 1.83. The highest BCUT2D eigenvalue weighted by atomic mass is 16.4. The number of carboxylic acid groups (broad SMARTS) is 1. The van der Waals surface area contributed by atoms with E-state index in [0.29, 0.717) is 29.0 Å². The molecule has 6 nitrogen and oxygen atoms in total. The number of nitrogens with one attached hydrogen (secondary N) is 1. The Morgan fingerprint density at radius 1 is 1.43 bits per heavy atom. The first-order valence-corrected chi connectivity index (χ1v) is 6.62. The van der Waals surface area contributed by atoms with E-state index in [1.54, 1.807) is 31.3 Å². The minimum Gasteiger partial charge on any atom is -0.478 e. The summed E-state index contributed by atoms with van der Waals surface area (Å²) in [6.45, 7) is 5.10. The maximum atomic E-state index is 11.1. The molecule has 0 spiro atoms. The first-order chi connectivity index (χ1) is 9.92. The fraction of sp³-hybridized carbons (Fsp3) is 0.267. The summed E-state index contributed by atoms with van der Waals surface area (Å²) in [5.74, 6) is -1.08. The topological polar surface area (TPSA) is 83.7 Å². The van der Waals surface area contributed by atoms with Gasteiger partial charge in [0.15, 0.2) is 0 Å². The Balaban J connectivity index is 2.51. The Morgan fingerprint density at radius 3 is 2.71 bits per heavy atom. The van der Waals surface area contributed by atoms with Crippen molar-refractivity contribution in [3.05, 3.63) is 35.3 Å². The van der Waals surface area contributed by atoms with Gasteiger partial charge >= 0.3 is 5.97 Å². The van der Waals surface area contributed by atoms with Crippen LogP contribution in [-0.2, 0) is 9.59 Å². The molecular formula is C15H17N3O3. The Hall–Kier alpha value is -2.63. The molecule has 6 heteroatoms. The summed E-state index contributed by atoms with van der Waals surface area (Å²) in [4.78, 5) is 26.6. The van der Waals surface area contributed by atoms with Crippen LogP contribution in [0.25, 0.3) is 11.7 Å². The van der Waals surface area contributed by atoms with Gasteiger partial charge in [0.05, 0.1) is 11.4 Å². The maximum Gasteiger partial charge on any atom is 0.331 e. The van der Waals surface area contributed by atoms with Crippen LogP contribution < -0.4 is 5.32 Å². The number of aliphatic carboxylic acids is 1. The van der Waals surface area contributed by atoms with Crippen molar-refractivity contribution in [1.82, 2.24) is 9.38 Å². The van der Waals surface area contributed by atoms with Gasteiger partial charge in [0, 0.05) is 24.4 Å². The second-order valence-corrected chi connectivity index (χ2v) is 4.74. The SMILES string of the molecule is CC/C(=C\c1nc2ccc(NC(C)=O)cn2c1C)C(=O)O. The fourth-order valence-corrected chi connectivity index (χ4v) is 2.07. The quantitative estimate of drug-likeness (QED) is 0.846. The number of hydrogen-bond acceptors (Lipinski definition) is 3. The normalized spacial score (nSPS) is 11.7. The van der Waals surface area contributed by atoms with Crippen molar-refractivity contribution in [2.24, 2.45) is 0 Å². The number of carbonyl (C=O) groups excluding carboxylic acids is 1. The summed E-state index contributed by atoms with van der Waals surface area (Å²) >= 11 is 0. The minimum atomic E-state index is -0.937. The molecule has 0 aliphatic heterocycles. The van der Waals surface area contributed by atoms with Crippen LogP contribution in [0.2, 0.25) is 0 Å². The molecule has 2 heterocycles. The smallest absolute Gasteiger partial charge is 0.331 e. The number of anilines is 1. The monoisotopic (exact) mass is 287 g/mol. The van der Waals surface area contributed by atoms with Gasteiger partial charge in [0.1, 0.15) is 5.65 Å². The number of pyridine rings is 1.